The van der Waals surface area contributed by atoms with Gasteiger partial charge in [-0.25, -0.2) is 0 Å². The highest BCUT2D eigenvalue weighted by Gasteiger charge is 2.32. The number of esters is 2. The summed E-state index contributed by atoms with van der Waals surface area (Å²) in [6.07, 6.45) is 6.42. The van der Waals surface area contributed by atoms with Gasteiger partial charge in [0.1, 0.15) is 13.2 Å². The zero-order chi connectivity index (χ0) is 19.8. The van der Waals surface area contributed by atoms with Crippen molar-refractivity contribution >= 4 is 11.9 Å². The Hall–Kier alpha value is -1.18. The lowest BCUT2D eigenvalue weighted by Crippen LogP contribution is -2.41. The minimum atomic E-state index is -1.16. The van der Waals surface area contributed by atoms with E-state index in [1.165, 1.54) is 0 Å². The largest absolute Gasteiger partial charge is 0.465 e. The van der Waals surface area contributed by atoms with Crippen molar-refractivity contribution in [1.82, 2.24) is 4.90 Å². The van der Waals surface area contributed by atoms with E-state index in [0.29, 0.717) is 12.8 Å². The van der Waals surface area contributed by atoms with Crippen molar-refractivity contribution in [3.8, 4) is 0 Å². The molecule has 0 spiro atoms. The van der Waals surface area contributed by atoms with Gasteiger partial charge in [-0.1, -0.05) is 32.6 Å². The van der Waals surface area contributed by atoms with Gasteiger partial charge in [0.2, 0.25) is 0 Å². The molecule has 7 nitrogen and oxygen atoms in total. The molecule has 0 amide bonds. The van der Waals surface area contributed by atoms with Gasteiger partial charge in [-0.05, 0) is 33.5 Å². The van der Waals surface area contributed by atoms with Gasteiger partial charge in [0.25, 0.3) is 0 Å². The van der Waals surface area contributed by atoms with Crippen LogP contribution in [0.2, 0.25) is 0 Å². The Morgan fingerprint density at radius 3 is 1.81 bits per heavy atom. The number of hydrogen-bond donors (Lipinski definition) is 2. The van der Waals surface area contributed by atoms with Gasteiger partial charge in [0.15, 0.2) is 0 Å². The highest BCUT2D eigenvalue weighted by Crippen LogP contribution is 2.18. The summed E-state index contributed by atoms with van der Waals surface area (Å²) < 4.78 is 10.3. The van der Waals surface area contributed by atoms with E-state index in [0.717, 1.165) is 38.6 Å². The third-order valence-corrected chi connectivity index (χ3v) is 4.22. The summed E-state index contributed by atoms with van der Waals surface area (Å²) in [5.41, 5.74) is -1.16. The molecule has 0 aliphatic carbocycles. The Morgan fingerprint density at radius 1 is 0.846 bits per heavy atom. The topological polar surface area (TPSA) is 96.3 Å². The molecule has 0 saturated heterocycles. The maximum atomic E-state index is 11.8. The van der Waals surface area contributed by atoms with Gasteiger partial charge < -0.3 is 24.6 Å². The Labute approximate surface area is 157 Å². The second kappa shape index (κ2) is 14.9. The molecule has 0 aromatic carbocycles. The molecule has 2 N–H and O–H groups in total. The molecule has 154 valence electrons. The van der Waals surface area contributed by atoms with Crippen LogP contribution in [0.5, 0.6) is 0 Å². The summed E-state index contributed by atoms with van der Waals surface area (Å²) in [4.78, 5) is 25.5. The summed E-state index contributed by atoms with van der Waals surface area (Å²) in [6.45, 7) is 1.70. The lowest BCUT2D eigenvalue weighted by molar-refractivity contribution is -0.159. The van der Waals surface area contributed by atoms with E-state index in [1.54, 1.807) is 0 Å². The first kappa shape index (κ1) is 24.8. The van der Waals surface area contributed by atoms with Crippen molar-refractivity contribution in [3.63, 3.8) is 0 Å². The first-order valence-corrected chi connectivity index (χ1v) is 9.57. The molecular weight excluding hydrogens is 338 g/mol. The standard InChI is InChI=1S/C19H37NO6/c1-4-5-6-7-8-10-17(23)25-15-19(13-21,14-22)16-26-18(24)11-9-12-20(2)3/h21-22H,4-16H2,1-3H3. The van der Waals surface area contributed by atoms with Crippen LogP contribution in [0.25, 0.3) is 0 Å². The first-order chi connectivity index (χ1) is 12.4. The van der Waals surface area contributed by atoms with Crippen molar-refractivity contribution in [2.45, 2.75) is 58.3 Å². The fourth-order valence-electron chi connectivity index (χ4n) is 2.30. The molecule has 26 heavy (non-hydrogen) atoms. The SMILES string of the molecule is CCCCCCCC(=O)OCC(CO)(CO)COC(=O)CCCN(C)C. The van der Waals surface area contributed by atoms with E-state index in [9.17, 15) is 19.8 Å². The molecule has 0 rings (SSSR count). The smallest absolute Gasteiger partial charge is 0.305 e. The number of ether oxygens (including phenoxy) is 2. The highest BCUT2D eigenvalue weighted by atomic mass is 16.5. The van der Waals surface area contributed by atoms with E-state index < -0.39 is 18.6 Å². The number of nitrogens with zero attached hydrogens (tertiary/aromatic N) is 1. The molecule has 0 aliphatic rings. The summed E-state index contributed by atoms with van der Waals surface area (Å²) in [6, 6.07) is 0. The molecule has 0 aromatic rings. The van der Waals surface area contributed by atoms with Crippen LogP contribution >= 0.6 is 0 Å². The van der Waals surface area contributed by atoms with Crippen LogP contribution in [-0.2, 0) is 19.1 Å². The Kier molecular flexibility index (Phi) is 14.3. The van der Waals surface area contributed by atoms with Gasteiger partial charge in [0, 0.05) is 12.8 Å². The summed E-state index contributed by atoms with van der Waals surface area (Å²) in [7, 11) is 3.85. The number of unbranched alkanes of at least 4 members (excludes halogenated alkanes) is 4. The average Bonchev–Trinajstić information content (AvgIpc) is 2.62. The van der Waals surface area contributed by atoms with Crippen LogP contribution in [0.15, 0.2) is 0 Å². The normalized spacial score (nSPS) is 11.6. The number of aliphatic hydroxyl groups is 2. The fourth-order valence-corrected chi connectivity index (χ4v) is 2.30. The molecule has 0 bridgehead atoms. The van der Waals surface area contributed by atoms with E-state index in [-0.39, 0.29) is 31.6 Å². The fraction of sp³-hybridized carbons (Fsp3) is 0.895. The van der Waals surface area contributed by atoms with Gasteiger partial charge >= 0.3 is 11.9 Å². The minimum Gasteiger partial charge on any atom is -0.465 e. The summed E-state index contributed by atoms with van der Waals surface area (Å²) in [5.74, 6) is -0.745. The minimum absolute atomic E-state index is 0.168. The molecule has 0 atom stereocenters. The van der Waals surface area contributed by atoms with Crippen LogP contribution in [0.1, 0.15) is 58.3 Å². The van der Waals surface area contributed by atoms with E-state index >= 15 is 0 Å². The van der Waals surface area contributed by atoms with Crippen LogP contribution in [0.4, 0.5) is 0 Å². The second-order valence-corrected chi connectivity index (χ2v) is 7.21. The Bertz CT molecular complexity index is 382. The van der Waals surface area contributed by atoms with E-state index in [4.69, 9.17) is 9.47 Å². The third kappa shape index (κ3) is 12.2. The molecular formula is C19H37NO6. The molecule has 7 heteroatoms. The van der Waals surface area contributed by atoms with Crippen LogP contribution in [0.3, 0.4) is 0 Å². The first-order valence-electron chi connectivity index (χ1n) is 9.57. The van der Waals surface area contributed by atoms with Gasteiger partial charge in [0.05, 0.1) is 18.6 Å². The molecule has 0 aromatic heterocycles. The number of carbonyl (C=O) groups excluding carboxylic acids is 2. The van der Waals surface area contributed by atoms with Crippen molar-refractivity contribution in [2.75, 3.05) is 47.1 Å². The lowest BCUT2D eigenvalue weighted by atomic mass is 9.92. The summed E-state index contributed by atoms with van der Waals surface area (Å²) in [5, 5.41) is 19.2. The molecule has 0 fully saturated rings. The van der Waals surface area contributed by atoms with Gasteiger partial charge in [-0.15, -0.1) is 0 Å². The Morgan fingerprint density at radius 2 is 1.35 bits per heavy atom. The zero-order valence-electron chi connectivity index (χ0n) is 16.7. The quantitative estimate of drug-likeness (QED) is 0.313. The van der Waals surface area contributed by atoms with Crippen molar-refractivity contribution in [2.24, 2.45) is 5.41 Å². The Balaban J connectivity index is 4.17. The molecule has 0 saturated carbocycles. The second-order valence-electron chi connectivity index (χ2n) is 7.21. The summed E-state index contributed by atoms with van der Waals surface area (Å²) >= 11 is 0. The van der Waals surface area contributed by atoms with E-state index in [1.807, 2.05) is 19.0 Å². The predicted molar refractivity (Wildman–Crippen MR) is 99.7 cm³/mol. The highest BCUT2D eigenvalue weighted by molar-refractivity contribution is 5.69. The zero-order valence-corrected chi connectivity index (χ0v) is 16.7. The van der Waals surface area contributed by atoms with Gasteiger partial charge in [-0.2, -0.15) is 0 Å². The number of hydrogen-bond acceptors (Lipinski definition) is 7. The van der Waals surface area contributed by atoms with Crippen molar-refractivity contribution in [3.05, 3.63) is 0 Å². The van der Waals surface area contributed by atoms with Crippen LogP contribution in [0, 0.1) is 5.41 Å². The van der Waals surface area contributed by atoms with Crippen LogP contribution in [-0.4, -0.2) is 74.1 Å². The predicted octanol–water partition coefficient (Wildman–Crippen LogP) is 1.75. The van der Waals surface area contributed by atoms with Gasteiger partial charge in [-0.3, -0.25) is 9.59 Å². The average molecular weight is 376 g/mol. The maximum absolute atomic E-state index is 11.8. The number of carbonyl (C=O) groups is 2. The monoisotopic (exact) mass is 375 g/mol. The number of aliphatic hydroxyl groups excluding tert-OH is 2. The molecule has 0 radical (unpaired) electrons. The number of rotatable bonds is 16. The van der Waals surface area contributed by atoms with Crippen molar-refractivity contribution < 1.29 is 29.3 Å². The lowest BCUT2D eigenvalue weighted by Gasteiger charge is -2.28. The van der Waals surface area contributed by atoms with E-state index in [2.05, 4.69) is 6.92 Å². The van der Waals surface area contributed by atoms with Crippen molar-refractivity contribution in [1.29, 1.82) is 0 Å². The maximum Gasteiger partial charge on any atom is 0.305 e. The molecule has 0 heterocycles. The molecule has 0 aliphatic heterocycles. The van der Waals surface area contributed by atoms with Crippen LogP contribution < -0.4 is 0 Å². The molecule has 0 unspecified atom stereocenters. The third-order valence-electron chi connectivity index (χ3n) is 4.22.